The van der Waals surface area contributed by atoms with Gasteiger partial charge in [0.15, 0.2) is 0 Å². The van der Waals surface area contributed by atoms with Crippen molar-refractivity contribution in [1.82, 2.24) is 15.2 Å². The zero-order valence-electron chi connectivity index (χ0n) is 16.3. The highest BCUT2D eigenvalue weighted by atomic mass is 19.1. The van der Waals surface area contributed by atoms with Gasteiger partial charge in [0.2, 0.25) is 5.91 Å². The predicted molar refractivity (Wildman–Crippen MR) is 108 cm³/mol. The molecule has 1 amide bonds. The molecule has 1 fully saturated rings. The minimum absolute atomic E-state index is 0.0924. The van der Waals surface area contributed by atoms with Crippen molar-refractivity contribution >= 4 is 11.7 Å². The van der Waals surface area contributed by atoms with Crippen molar-refractivity contribution in [2.45, 2.75) is 24.2 Å². The van der Waals surface area contributed by atoms with Gasteiger partial charge in [0.1, 0.15) is 22.9 Å². The summed E-state index contributed by atoms with van der Waals surface area (Å²) in [7, 11) is 1.68. The summed E-state index contributed by atoms with van der Waals surface area (Å²) >= 11 is 0. The molecule has 0 saturated heterocycles. The fourth-order valence-electron chi connectivity index (χ4n) is 4.76. The van der Waals surface area contributed by atoms with Gasteiger partial charge in [0.05, 0.1) is 17.0 Å². The van der Waals surface area contributed by atoms with Crippen LogP contribution in [0.5, 0.6) is 0 Å². The molecule has 7 heteroatoms. The lowest BCUT2D eigenvalue weighted by Crippen LogP contribution is -2.45. The SMILES string of the molecule is C=C1[C@@H]2CC[C@@]1(C(=O)N(C)c1ccccn1)c1nnc(-c3c(F)cccc3F)cc12. The van der Waals surface area contributed by atoms with E-state index in [1.807, 2.05) is 6.07 Å². The van der Waals surface area contributed by atoms with E-state index in [0.717, 1.165) is 17.6 Å². The fourth-order valence-corrected chi connectivity index (χ4v) is 4.76. The van der Waals surface area contributed by atoms with Gasteiger partial charge in [-0.2, -0.15) is 5.10 Å². The molecule has 1 aromatic carbocycles. The van der Waals surface area contributed by atoms with E-state index in [0.29, 0.717) is 17.9 Å². The third-order valence-corrected chi connectivity index (χ3v) is 6.26. The summed E-state index contributed by atoms with van der Waals surface area (Å²) in [6, 6.07) is 10.7. The molecule has 5 nitrogen and oxygen atoms in total. The van der Waals surface area contributed by atoms with Crippen molar-refractivity contribution in [3.8, 4) is 11.3 Å². The lowest BCUT2D eigenvalue weighted by atomic mass is 9.80. The Morgan fingerprint density at radius 3 is 2.63 bits per heavy atom. The van der Waals surface area contributed by atoms with E-state index in [2.05, 4.69) is 21.8 Å². The van der Waals surface area contributed by atoms with Crippen LogP contribution in [0.3, 0.4) is 0 Å². The molecular formula is C23H18F2N4O. The van der Waals surface area contributed by atoms with Crippen LogP contribution < -0.4 is 4.90 Å². The van der Waals surface area contributed by atoms with E-state index < -0.39 is 17.0 Å². The van der Waals surface area contributed by atoms with Gasteiger partial charge in [0.25, 0.3) is 0 Å². The molecule has 2 bridgehead atoms. The molecule has 0 aliphatic heterocycles. The van der Waals surface area contributed by atoms with Gasteiger partial charge in [-0.15, -0.1) is 5.10 Å². The summed E-state index contributed by atoms with van der Waals surface area (Å²) in [5, 5.41) is 8.41. The van der Waals surface area contributed by atoms with E-state index in [1.54, 1.807) is 31.4 Å². The minimum Gasteiger partial charge on any atom is -0.299 e. The number of carbonyl (C=O) groups excluding carboxylic acids is 1. The van der Waals surface area contributed by atoms with Crippen LogP contribution in [0.1, 0.15) is 30.0 Å². The second-order valence-electron chi connectivity index (χ2n) is 7.70. The van der Waals surface area contributed by atoms with Gasteiger partial charge in [-0.05, 0) is 54.3 Å². The monoisotopic (exact) mass is 404 g/mol. The number of fused-ring (bicyclic) bond motifs is 5. The van der Waals surface area contributed by atoms with Gasteiger partial charge in [-0.1, -0.05) is 18.7 Å². The maximum atomic E-state index is 14.3. The largest absolute Gasteiger partial charge is 0.299 e. The van der Waals surface area contributed by atoms with Crippen LogP contribution in [0.2, 0.25) is 0 Å². The molecule has 1 saturated carbocycles. The normalized spacial score (nSPS) is 21.6. The smallest absolute Gasteiger partial charge is 0.244 e. The zero-order chi connectivity index (χ0) is 21.0. The Morgan fingerprint density at radius 2 is 1.93 bits per heavy atom. The molecule has 0 spiro atoms. The Morgan fingerprint density at radius 1 is 1.17 bits per heavy atom. The van der Waals surface area contributed by atoms with Crippen molar-refractivity contribution in [1.29, 1.82) is 0 Å². The Balaban J connectivity index is 1.61. The predicted octanol–water partition coefficient (Wildman–Crippen LogP) is 4.16. The van der Waals surface area contributed by atoms with Gasteiger partial charge in [-0.3, -0.25) is 9.69 Å². The molecule has 2 aliphatic rings. The zero-order valence-corrected chi connectivity index (χ0v) is 16.3. The van der Waals surface area contributed by atoms with Crippen molar-refractivity contribution in [2.24, 2.45) is 0 Å². The van der Waals surface area contributed by atoms with E-state index >= 15 is 0 Å². The van der Waals surface area contributed by atoms with Gasteiger partial charge < -0.3 is 0 Å². The van der Waals surface area contributed by atoms with Crippen LogP contribution in [0, 0.1) is 11.6 Å². The Hall–Kier alpha value is -3.48. The van der Waals surface area contributed by atoms with E-state index in [1.165, 1.54) is 23.1 Å². The third-order valence-electron chi connectivity index (χ3n) is 6.26. The number of anilines is 1. The Bertz CT molecular complexity index is 1180. The molecule has 0 radical (unpaired) electrons. The number of aromatic nitrogens is 3. The molecule has 2 atom stereocenters. The lowest BCUT2D eigenvalue weighted by molar-refractivity contribution is -0.122. The van der Waals surface area contributed by atoms with Crippen LogP contribution in [-0.2, 0) is 10.2 Å². The highest BCUT2D eigenvalue weighted by Gasteiger charge is 2.59. The first-order valence-electron chi connectivity index (χ1n) is 9.66. The van der Waals surface area contributed by atoms with E-state index in [-0.39, 0.29) is 23.1 Å². The second kappa shape index (κ2) is 6.52. The highest BCUT2D eigenvalue weighted by molar-refractivity contribution is 6.04. The average Bonchev–Trinajstić information content (AvgIpc) is 3.22. The molecule has 2 heterocycles. The maximum Gasteiger partial charge on any atom is 0.244 e. The average molecular weight is 404 g/mol. The Labute approximate surface area is 172 Å². The number of halogens is 2. The first kappa shape index (κ1) is 18.5. The van der Waals surface area contributed by atoms with Crippen molar-refractivity contribution in [3.63, 3.8) is 0 Å². The van der Waals surface area contributed by atoms with Crippen LogP contribution in [-0.4, -0.2) is 28.1 Å². The summed E-state index contributed by atoms with van der Waals surface area (Å²) in [6.45, 7) is 4.22. The van der Waals surface area contributed by atoms with Crippen LogP contribution >= 0.6 is 0 Å². The summed E-state index contributed by atoms with van der Waals surface area (Å²) < 4.78 is 28.5. The highest BCUT2D eigenvalue weighted by Crippen LogP contribution is 2.60. The first-order chi connectivity index (χ1) is 14.4. The molecular weight excluding hydrogens is 386 g/mol. The molecule has 0 N–H and O–H groups in total. The Kier molecular flexibility index (Phi) is 4.03. The standard InChI is InChI=1S/C23H18F2N4O/c1-13-14-9-10-23(13,22(30)29(2)19-8-3-4-11-26-19)21-15(14)12-18(27-28-21)20-16(24)6-5-7-17(20)25/h3-8,11-12,14H,1,9-10H2,2H3/t14-,23-/m0/s1. The number of pyridine rings is 1. The van der Waals surface area contributed by atoms with Crippen LogP contribution in [0.25, 0.3) is 11.3 Å². The van der Waals surface area contributed by atoms with Crippen LogP contribution in [0.4, 0.5) is 14.6 Å². The second-order valence-corrected chi connectivity index (χ2v) is 7.70. The first-order valence-corrected chi connectivity index (χ1v) is 9.66. The van der Waals surface area contributed by atoms with Crippen molar-refractivity contribution in [2.75, 3.05) is 11.9 Å². The third kappa shape index (κ3) is 2.38. The van der Waals surface area contributed by atoms with Crippen LogP contribution in [0.15, 0.2) is 60.8 Å². The summed E-state index contributed by atoms with van der Waals surface area (Å²) in [4.78, 5) is 19.4. The molecule has 5 rings (SSSR count). The van der Waals surface area contributed by atoms with Gasteiger partial charge in [-0.25, -0.2) is 13.8 Å². The lowest BCUT2D eigenvalue weighted by Gasteiger charge is -2.31. The maximum absolute atomic E-state index is 14.3. The number of hydrogen-bond donors (Lipinski definition) is 0. The van der Waals surface area contributed by atoms with Gasteiger partial charge >= 0.3 is 0 Å². The number of benzene rings is 1. The number of hydrogen-bond acceptors (Lipinski definition) is 4. The molecule has 30 heavy (non-hydrogen) atoms. The number of likely N-dealkylation sites (N-methyl/N-ethyl adjacent to an activating group) is 1. The number of carbonyl (C=O) groups is 1. The minimum atomic E-state index is -0.994. The number of nitrogens with zero attached hydrogens (tertiary/aromatic N) is 4. The number of amides is 1. The number of rotatable bonds is 3. The quantitative estimate of drug-likeness (QED) is 0.615. The fraction of sp³-hybridized carbons (Fsp3) is 0.217. The van der Waals surface area contributed by atoms with Crippen molar-refractivity contribution < 1.29 is 13.6 Å². The molecule has 150 valence electrons. The van der Waals surface area contributed by atoms with E-state index in [9.17, 15) is 13.6 Å². The molecule has 0 unspecified atom stereocenters. The molecule has 2 aromatic heterocycles. The summed E-state index contributed by atoms with van der Waals surface area (Å²) in [6.07, 6.45) is 2.92. The summed E-state index contributed by atoms with van der Waals surface area (Å²) in [5.41, 5.74) is 0.952. The topological polar surface area (TPSA) is 59.0 Å². The van der Waals surface area contributed by atoms with Gasteiger partial charge in [0, 0.05) is 19.2 Å². The molecule has 2 aliphatic carbocycles. The van der Waals surface area contributed by atoms with Crippen molar-refractivity contribution in [3.05, 3.63) is 83.7 Å². The molecule has 3 aromatic rings. The summed E-state index contributed by atoms with van der Waals surface area (Å²) in [5.74, 6) is -1.14. The van der Waals surface area contributed by atoms with E-state index in [4.69, 9.17) is 0 Å².